The third-order valence-corrected chi connectivity index (χ3v) is 6.35. The largest absolute Gasteiger partial charge is 0.492 e. The number of carboxylic acid groups (broad SMARTS) is 1. The Balaban J connectivity index is 1.58. The molecule has 0 bridgehead atoms. The molecule has 0 saturated carbocycles. The van der Waals surface area contributed by atoms with Crippen molar-refractivity contribution in [2.75, 3.05) is 26.3 Å². The molecule has 208 valence electrons. The van der Waals surface area contributed by atoms with Gasteiger partial charge in [0.25, 0.3) is 0 Å². The van der Waals surface area contributed by atoms with Gasteiger partial charge >= 0.3 is 12.1 Å². The van der Waals surface area contributed by atoms with Gasteiger partial charge in [-0.3, -0.25) is 0 Å². The van der Waals surface area contributed by atoms with Crippen LogP contribution in [0.25, 0.3) is 0 Å². The summed E-state index contributed by atoms with van der Waals surface area (Å²) in [6.45, 7) is 5.07. The normalized spacial score (nSPS) is 11.6. The number of carboxylic acids is 1. The van der Waals surface area contributed by atoms with Crippen LogP contribution < -0.4 is 9.47 Å². The maximum absolute atomic E-state index is 13.0. The standard InChI is InChI=1S/C30H33Cl2NO6/c1-3-37-28(29(34)35)19-22-8-12-26(13-9-22)38-16-15-33(30(36)39-27-10-6-21(2)7-11-27)14-4-5-23-17-24(31)20-25(32)18-23/h6-13,17-18,20,28H,3-5,14-16,19H2,1-2H3,(H,34,35). The van der Waals surface area contributed by atoms with Gasteiger partial charge in [0.1, 0.15) is 18.1 Å². The van der Waals surface area contributed by atoms with Crippen LogP contribution in [0.4, 0.5) is 4.79 Å². The molecule has 3 rings (SSSR count). The monoisotopic (exact) mass is 573 g/mol. The molecule has 0 spiro atoms. The van der Waals surface area contributed by atoms with Gasteiger partial charge in [0.15, 0.2) is 6.10 Å². The third-order valence-electron chi connectivity index (χ3n) is 5.92. The third kappa shape index (κ3) is 10.4. The van der Waals surface area contributed by atoms with Crippen molar-refractivity contribution in [1.82, 2.24) is 4.90 Å². The van der Waals surface area contributed by atoms with Gasteiger partial charge in [-0.25, -0.2) is 9.59 Å². The maximum atomic E-state index is 13.0. The average Bonchev–Trinajstić information content (AvgIpc) is 2.89. The van der Waals surface area contributed by atoms with Crippen molar-refractivity contribution in [3.05, 3.63) is 93.5 Å². The summed E-state index contributed by atoms with van der Waals surface area (Å²) in [6, 6.07) is 19.9. The Morgan fingerprint density at radius 1 is 0.897 bits per heavy atom. The van der Waals surface area contributed by atoms with Gasteiger partial charge in [-0.05, 0) is 80.3 Å². The van der Waals surface area contributed by atoms with Crippen LogP contribution in [0, 0.1) is 6.92 Å². The van der Waals surface area contributed by atoms with Crippen LogP contribution >= 0.6 is 23.2 Å². The molecule has 0 heterocycles. The number of carbonyl (C=O) groups excluding carboxylic acids is 1. The van der Waals surface area contributed by atoms with Gasteiger partial charge < -0.3 is 24.2 Å². The number of halogens is 2. The number of benzene rings is 3. The minimum Gasteiger partial charge on any atom is -0.492 e. The summed E-state index contributed by atoms with van der Waals surface area (Å²) < 4.78 is 16.7. The quantitative estimate of drug-likeness (QED) is 0.227. The number of hydrogen-bond acceptors (Lipinski definition) is 5. The van der Waals surface area contributed by atoms with Crippen molar-refractivity contribution in [1.29, 1.82) is 0 Å². The molecule has 1 N–H and O–H groups in total. The molecule has 9 heteroatoms. The van der Waals surface area contributed by atoms with Crippen LogP contribution in [0.15, 0.2) is 66.7 Å². The molecule has 0 radical (unpaired) electrons. The summed E-state index contributed by atoms with van der Waals surface area (Å²) in [7, 11) is 0. The molecule has 0 saturated heterocycles. The van der Waals surface area contributed by atoms with Crippen LogP contribution in [0.2, 0.25) is 10.0 Å². The highest BCUT2D eigenvalue weighted by Gasteiger charge is 2.18. The van der Waals surface area contributed by atoms with E-state index < -0.39 is 18.2 Å². The van der Waals surface area contributed by atoms with Gasteiger partial charge in [0, 0.05) is 29.6 Å². The number of aliphatic carboxylic acids is 1. The Morgan fingerprint density at radius 2 is 1.54 bits per heavy atom. The van der Waals surface area contributed by atoms with E-state index in [9.17, 15) is 14.7 Å². The molecule has 3 aromatic carbocycles. The minimum absolute atomic E-state index is 0.252. The van der Waals surface area contributed by atoms with Crippen molar-refractivity contribution < 1.29 is 28.9 Å². The zero-order valence-electron chi connectivity index (χ0n) is 22.1. The summed E-state index contributed by atoms with van der Waals surface area (Å²) in [5, 5.41) is 10.4. The van der Waals surface area contributed by atoms with Crippen LogP contribution in [-0.2, 0) is 22.4 Å². The lowest BCUT2D eigenvalue weighted by Gasteiger charge is -2.22. The Hall–Kier alpha value is -3.26. The second-order valence-corrected chi connectivity index (χ2v) is 9.90. The fraction of sp³-hybridized carbons (Fsp3) is 0.333. The second kappa shape index (κ2) is 15.4. The number of carbonyl (C=O) groups is 2. The predicted octanol–water partition coefficient (Wildman–Crippen LogP) is 6.85. The summed E-state index contributed by atoms with van der Waals surface area (Å²) in [5.41, 5.74) is 2.89. The summed E-state index contributed by atoms with van der Waals surface area (Å²) in [6.07, 6.45) is 0.282. The van der Waals surface area contributed by atoms with E-state index in [4.69, 9.17) is 37.4 Å². The van der Waals surface area contributed by atoms with E-state index in [-0.39, 0.29) is 13.0 Å². The number of rotatable bonds is 14. The van der Waals surface area contributed by atoms with Gasteiger partial charge in [-0.1, -0.05) is 53.0 Å². The van der Waals surface area contributed by atoms with Crippen LogP contribution in [0.3, 0.4) is 0 Å². The van der Waals surface area contributed by atoms with Crippen molar-refractivity contribution in [3.63, 3.8) is 0 Å². The molecule has 39 heavy (non-hydrogen) atoms. The first-order valence-corrected chi connectivity index (χ1v) is 13.5. The highest BCUT2D eigenvalue weighted by atomic mass is 35.5. The summed E-state index contributed by atoms with van der Waals surface area (Å²) in [5.74, 6) is 0.0937. The molecule has 0 aliphatic heterocycles. The molecule has 7 nitrogen and oxygen atoms in total. The predicted molar refractivity (Wildman–Crippen MR) is 152 cm³/mol. The van der Waals surface area contributed by atoms with Crippen LogP contribution in [0.1, 0.15) is 30.0 Å². The van der Waals surface area contributed by atoms with E-state index in [0.29, 0.717) is 54.1 Å². The van der Waals surface area contributed by atoms with Gasteiger partial charge in [0.05, 0.1) is 6.54 Å². The first-order valence-electron chi connectivity index (χ1n) is 12.8. The number of nitrogens with zero attached hydrogens (tertiary/aromatic N) is 1. The zero-order chi connectivity index (χ0) is 28.2. The molecule has 3 aromatic rings. The van der Waals surface area contributed by atoms with Crippen LogP contribution in [0.5, 0.6) is 11.5 Å². The Morgan fingerprint density at radius 3 is 2.15 bits per heavy atom. The Bertz CT molecular complexity index is 1200. The van der Waals surface area contributed by atoms with E-state index >= 15 is 0 Å². The number of ether oxygens (including phenoxy) is 3. The van der Waals surface area contributed by atoms with Crippen molar-refractivity contribution in [2.24, 2.45) is 0 Å². The number of aryl methyl sites for hydroxylation is 2. The lowest BCUT2D eigenvalue weighted by molar-refractivity contribution is -0.149. The molecule has 0 aliphatic carbocycles. The summed E-state index contributed by atoms with van der Waals surface area (Å²) in [4.78, 5) is 25.9. The molecule has 0 aliphatic rings. The number of hydrogen-bond donors (Lipinski definition) is 1. The lowest BCUT2D eigenvalue weighted by Crippen LogP contribution is -2.37. The molecular weight excluding hydrogens is 541 g/mol. The topological polar surface area (TPSA) is 85.3 Å². The number of amides is 1. The average molecular weight is 575 g/mol. The zero-order valence-corrected chi connectivity index (χ0v) is 23.6. The Labute approximate surface area is 239 Å². The molecule has 0 aromatic heterocycles. The SMILES string of the molecule is CCOC(Cc1ccc(OCCN(CCCc2cc(Cl)cc(Cl)c2)C(=O)Oc2ccc(C)cc2)cc1)C(=O)O. The van der Waals surface area contributed by atoms with Crippen molar-refractivity contribution in [2.45, 2.75) is 39.2 Å². The minimum atomic E-state index is -0.992. The molecule has 1 amide bonds. The fourth-order valence-electron chi connectivity index (χ4n) is 3.92. The second-order valence-electron chi connectivity index (χ2n) is 9.03. The fourth-order valence-corrected chi connectivity index (χ4v) is 4.49. The maximum Gasteiger partial charge on any atom is 0.415 e. The van der Waals surface area contributed by atoms with E-state index in [1.807, 2.05) is 43.3 Å². The molecule has 1 unspecified atom stereocenters. The Kier molecular flexibility index (Phi) is 11.9. The summed E-state index contributed by atoms with van der Waals surface area (Å²) >= 11 is 12.2. The first kappa shape index (κ1) is 30.3. The first-order chi connectivity index (χ1) is 18.7. The van der Waals surface area contributed by atoms with Gasteiger partial charge in [-0.2, -0.15) is 0 Å². The highest BCUT2D eigenvalue weighted by molar-refractivity contribution is 6.34. The molecule has 0 fully saturated rings. The smallest absolute Gasteiger partial charge is 0.415 e. The van der Waals surface area contributed by atoms with E-state index in [0.717, 1.165) is 16.7 Å². The van der Waals surface area contributed by atoms with E-state index in [1.165, 1.54) is 0 Å². The molecule has 1 atom stereocenters. The van der Waals surface area contributed by atoms with E-state index in [2.05, 4.69) is 0 Å². The van der Waals surface area contributed by atoms with Crippen LogP contribution in [-0.4, -0.2) is 54.5 Å². The lowest BCUT2D eigenvalue weighted by atomic mass is 10.1. The van der Waals surface area contributed by atoms with Gasteiger partial charge in [-0.15, -0.1) is 0 Å². The van der Waals surface area contributed by atoms with Gasteiger partial charge in [0.2, 0.25) is 0 Å². The molecular formula is C30H33Cl2NO6. The highest BCUT2D eigenvalue weighted by Crippen LogP contribution is 2.21. The van der Waals surface area contributed by atoms with E-state index in [1.54, 1.807) is 42.2 Å². The van der Waals surface area contributed by atoms with Crippen molar-refractivity contribution >= 4 is 35.3 Å². The van der Waals surface area contributed by atoms with Crippen molar-refractivity contribution in [3.8, 4) is 11.5 Å².